The molecule has 0 aliphatic carbocycles. The van der Waals surface area contributed by atoms with Gasteiger partial charge in [-0.05, 0) is 51.8 Å². The van der Waals surface area contributed by atoms with Crippen LogP contribution < -0.4 is 10.5 Å². The molecular formula is C25H26Cl2FN3O4. The van der Waals surface area contributed by atoms with Crippen molar-refractivity contribution in [1.82, 2.24) is 9.88 Å². The number of hydrogen-bond acceptors (Lipinski definition) is 6. The van der Waals surface area contributed by atoms with Gasteiger partial charge >= 0.3 is 6.09 Å². The molecule has 2 N–H and O–H groups in total. The molecule has 10 heteroatoms. The van der Waals surface area contributed by atoms with Crippen molar-refractivity contribution in [2.75, 3.05) is 18.8 Å². The molecule has 0 fully saturated rings. The number of halogens is 3. The van der Waals surface area contributed by atoms with E-state index in [4.69, 9.17) is 42.8 Å². The summed E-state index contributed by atoms with van der Waals surface area (Å²) in [4.78, 5) is 18.3. The van der Waals surface area contributed by atoms with Crippen molar-refractivity contribution < 1.29 is 23.1 Å². The molecular weight excluding hydrogens is 496 g/mol. The first-order valence-electron chi connectivity index (χ1n) is 11.1. The Morgan fingerprint density at radius 3 is 2.71 bits per heavy atom. The lowest BCUT2D eigenvalue weighted by Gasteiger charge is -2.29. The van der Waals surface area contributed by atoms with Crippen LogP contribution in [0.3, 0.4) is 0 Å². The Morgan fingerprint density at radius 1 is 1.31 bits per heavy atom. The van der Waals surface area contributed by atoms with E-state index in [1.54, 1.807) is 24.3 Å². The number of nitrogens with zero attached hydrogens (tertiary/aromatic N) is 2. The van der Waals surface area contributed by atoms with Crippen LogP contribution in [0.5, 0.6) is 5.75 Å². The number of rotatable bonds is 4. The van der Waals surface area contributed by atoms with Crippen LogP contribution in [0, 0.1) is 5.82 Å². The predicted molar refractivity (Wildman–Crippen MR) is 134 cm³/mol. The molecule has 1 aliphatic heterocycles. The van der Waals surface area contributed by atoms with Crippen LogP contribution in [0.4, 0.5) is 15.0 Å². The van der Waals surface area contributed by atoms with Gasteiger partial charge in [-0.25, -0.2) is 14.2 Å². The van der Waals surface area contributed by atoms with Gasteiger partial charge in [-0.15, -0.1) is 0 Å². The molecule has 0 saturated heterocycles. The predicted octanol–water partition coefficient (Wildman–Crippen LogP) is 7.02. The van der Waals surface area contributed by atoms with Gasteiger partial charge in [-0.1, -0.05) is 29.3 Å². The lowest BCUT2D eigenvalue weighted by molar-refractivity contribution is 0.0270. The Morgan fingerprint density at radius 2 is 2.06 bits per heavy atom. The molecule has 35 heavy (non-hydrogen) atoms. The highest BCUT2D eigenvalue weighted by molar-refractivity contribution is 6.36. The summed E-state index contributed by atoms with van der Waals surface area (Å²) < 4.78 is 31.4. The number of pyridine rings is 1. The quantitative estimate of drug-likeness (QED) is 0.371. The smallest absolute Gasteiger partial charge is 0.410 e. The highest BCUT2D eigenvalue weighted by Crippen LogP contribution is 2.41. The molecule has 1 unspecified atom stereocenters. The first-order chi connectivity index (χ1) is 16.5. The highest BCUT2D eigenvalue weighted by atomic mass is 35.5. The fourth-order valence-electron chi connectivity index (χ4n) is 3.90. The lowest BCUT2D eigenvalue weighted by Crippen LogP contribution is -2.39. The van der Waals surface area contributed by atoms with E-state index in [0.717, 1.165) is 11.1 Å². The largest absolute Gasteiger partial charge is 0.478 e. The highest BCUT2D eigenvalue weighted by Gasteiger charge is 2.27. The summed E-state index contributed by atoms with van der Waals surface area (Å²) in [6.07, 6.45) is 4.72. The topological polar surface area (TPSA) is 90.8 Å². The molecule has 2 aromatic heterocycles. The van der Waals surface area contributed by atoms with Gasteiger partial charge in [0.15, 0.2) is 11.4 Å². The normalized spacial score (nSPS) is 15.2. The number of anilines is 1. The second kappa shape index (κ2) is 9.59. The van der Waals surface area contributed by atoms with E-state index < -0.39 is 17.5 Å². The Bertz CT molecular complexity index is 1320. The SMILES string of the molecule is CC(Oc1c(N)ncc2c(C3=CCN(C(=O)OC(C)(C)C)CC3)coc12)c1c(Cl)ccc(F)c1Cl. The van der Waals surface area contributed by atoms with Crippen LogP contribution in [0.25, 0.3) is 16.5 Å². The number of carbonyl (C=O) groups is 1. The van der Waals surface area contributed by atoms with E-state index in [9.17, 15) is 9.18 Å². The number of ether oxygens (including phenoxy) is 2. The standard InChI is InChI=1S/C25H26Cl2FN3O4/c1-13(19-17(26)5-6-18(28)20(19)27)34-22-21-15(11-30-23(22)29)16(12-33-21)14-7-9-31(10-8-14)24(32)35-25(2,3)4/h5-7,11-13H,8-10H2,1-4H3,(H2,29,30). The summed E-state index contributed by atoms with van der Waals surface area (Å²) in [5.74, 6) is -0.275. The Hall–Kier alpha value is -2.97. The minimum absolute atomic E-state index is 0.114. The molecule has 0 spiro atoms. The second-order valence-corrected chi connectivity index (χ2v) is 10.1. The molecule has 7 nitrogen and oxygen atoms in total. The van der Waals surface area contributed by atoms with Crippen molar-refractivity contribution in [1.29, 1.82) is 0 Å². The van der Waals surface area contributed by atoms with Crippen molar-refractivity contribution in [2.24, 2.45) is 0 Å². The molecule has 0 bridgehead atoms. The van der Waals surface area contributed by atoms with E-state index in [-0.39, 0.29) is 27.7 Å². The van der Waals surface area contributed by atoms with Gasteiger partial charge in [0.2, 0.25) is 5.75 Å². The zero-order valence-electron chi connectivity index (χ0n) is 19.8. The van der Waals surface area contributed by atoms with Gasteiger partial charge in [-0.3, -0.25) is 0 Å². The summed E-state index contributed by atoms with van der Waals surface area (Å²) >= 11 is 12.4. The van der Waals surface area contributed by atoms with Gasteiger partial charge in [0, 0.05) is 35.4 Å². The summed E-state index contributed by atoms with van der Waals surface area (Å²) in [5.41, 5.74) is 8.08. The van der Waals surface area contributed by atoms with E-state index >= 15 is 0 Å². The maximum absolute atomic E-state index is 14.0. The molecule has 1 atom stereocenters. The lowest BCUT2D eigenvalue weighted by atomic mass is 9.99. The molecule has 4 rings (SSSR count). The van der Waals surface area contributed by atoms with Crippen molar-refractivity contribution in [3.63, 3.8) is 0 Å². The molecule has 1 aromatic carbocycles. The molecule has 3 heterocycles. The summed E-state index contributed by atoms with van der Waals surface area (Å²) in [6, 6.07) is 2.61. The third-order valence-corrected chi connectivity index (χ3v) is 6.30. The maximum Gasteiger partial charge on any atom is 0.410 e. The van der Waals surface area contributed by atoms with Crippen molar-refractivity contribution in [3.8, 4) is 5.75 Å². The third kappa shape index (κ3) is 5.18. The van der Waals surface area contributed by atoms with Gasteiger partial charge in [0.1, 0.15) is 17.5 Å². The summed E-state index contributed by atoms with van der Waals surface area (Å²) in [7, 11) is 0. The molecule has 0 radical (unpaired) electrons. The van der Waals surface area contributed by atoms with Crippen molar-refractivity contribution in [2.45, 2.75) is 45.8 Å². The number of amides is 1. The summed E-state index contributed by atoms with van der Waals surface area (Å²) in [5, 5.41) is 0.852. The van der Waals surface area contributed by atoms with Gasteiger partial charge in [0.25, 0.3) is 0 Å². The number of aromatic nitrogens is 1. The first kappa shape index (κ1) is 25.1. The van der Waals surface area contributed by atoms with Crippen LogP contribution in [0.2, 0.25) is 10.0 Å². The maximum atomic E-state index is 14.0. The Labute approximate surface area is 212 Å². The average Bonchev–Trinajstić information content (AvgIpc) is 3.22. The van der Waals surface area contributed by atoms with E-state index in [1.807, 2.05) is 26.8 Å². The zero-order valence-corrected chi connectivity index (χ0v) is 21.3. The van der Waals surface area contributed by atoms with Crippen LogP contribution in [0.15, 0.2) is 35.1 Å². The van der Waals surface area contributed by atoms with Crippen LogP contribution in [-0.2, 0) is 4.74 Å². The summed E-state index contributed by atoms with van der Waals surface area (Å²) in [6.45, 7) is 8.11. The zero-order chi connectivity index (χ0) is 25.5. The first-order valence-corrected chi connectivity index (χ1v) is 11.8. The van der Waals surface area contributed by atoms with E-state index in [1.165, 1.54) is 12.1 Å². The monoisotopic (exact) mass is 521 g/mol. The van der Waals surface area contributed by atoms with Gasteiger partial charge in [0.05, 0.1) is 16.7 Å². The third-order valence-electron chi connectivity index (χ3n) is 5.59. The minimum atomic E-state index is -0.731. The van der Waals surface area contributed by atoms with E-state index in [2.05, 4.69) is 4.98 Å². The number of benzene rings is 1. The van der Waals surface area contributed by atoms with Crippen LogP contribution in [0.1, 0.15) is 51.3 Å². The van der Waals surface area contributed by atoms with Crippen molar-refractivity contribution >= 4 is 51.7 Å². The number of carbonyl (C=O) groups excluding carboxylic acids is 1. The molecule has 1 amide bonds. The average molecular weight is 522 g/mol. The van der Waals surface area contributed by atoms with Crippen molar-refractivity contribution in [3.05, 3.63) is 57.7 Å². The second-order valence-electron chi connectivity index (χ2n) is 9.29. The molecule has 1 aliphatic rings. The Balaban J connectivity index is 1.61. The number of nitrogens with two attached hydrogens (primary N) is 1. The Kier molecular flexibility index (Phi) is 6.88. The van der Waals surface area contributed by atoms with Crippen LogP contribution >= 0.6 is 23.2 Å². The van der Waals surface area contributed by atoms with Gasteiger partial charge in [-0.2, -0.15) is 0 Å². The molecule has 3 aromatic rings. The number of fused-ring (bicyclic) bond motifs is 1. The minimum Gasteiger partial charge on any atom is -0.478 e. The van der Waals surface area contributed by atoms with Crippen LogP contribution in [-0.4, -0.2) is 34.7 Å². The number of furan rings is 1. The molecule has 0 saturated carbocycles. The number of nitrogen functional groups attached to an aromatic ring is 1. The fraction of sp³-hybridized carbons (Fsp3) is 0.360. The number of hydrogen-bond donors (Lipinski definition) is 1. The van der Waals surface area contributed by atoms with Gasteiger partial charge < -0.3 is 24.5 Å². The molecule has 186 valence electrons. The fourth-order valence-corrected chi connectivity index (χ4v) is 4.58. The van der Waals surface area contributed by atoms with E-state index in [0.29, 0.717) is 36.0 Å².